The van der Waals surface area contributed by atoms with E-state index in [0.717, 1.165) is 17.7 Å². The van der Waals surface area contributed by atoms with Gasteiger partial charge in [-0.05, 0) is 32.0 Å². The number of hydrogen-bond donors (Lipinski definition) is 1. The minimum absolute atomic E-state index is 0.0166. The van der Waals surface area contributed by atoms with Crippen molar-refractivity contribution in [3.05, 3.63) is 35.4 Å². The number of benzene rings is 1. The minimum Gasteiger partial charge on any atom is -0.377 e. The van der Waals surface area contributed by atoms with Crippen molar-refractivity contribution in [2.75, 3.05) is 27.2 Å². The standard InChI is InChI=1S/C15H26N2O3S/c1-13(2)20-9-8-17(4)21(18,19)12-15-7-5-6-14(10-15)11-16-3/h5-7,10,13,16H,8-9,11-12H2,1-4H3. The highest BCUT2D eigenvalue weighted by molar-refractivity contribution is 7.88. The van der Waals surface area contributed by atoms with Gasteiger partial charge in [0.1, 0.15) is 0 Å². The third kappa shape index (κ3) is 6.56. The lowest BCUT2D eigenvalue weighted by Crippen LogP contribution is -2.31. The Bertz CT molecular complexity index is 529. The van der Waals surface area contributed by atoms with E-state index in [2.05, 4.69) is 5.32 Å². The van der Waals surface area contributed by atoms with Crippen LogP contribution >= 0.6 is 0 Å². The number of ether oxygens (including phenoxy) is 1. The van der Waals surface area contributed by atoms with E-state index < -0.39 is 10.0 Å². The van der Waals surface area contributed by atoms with Gasteiger partial charge in [0.05, 0.1) is 18.5 Å². The van der Waals surface area contributed by atoms with Crippen molar-refractivity contribution in [2.45, 2.75) is 32.2 Å². The van der Waals surface area contributed by atoms with Crippen LogP contribution in [0.15, 0.2) is 24.3 Å². The Hall–Kier alpha value is -0.950. The quantitative estimate of drug-likeness (QED) is 0.752. The Morgan fingerprint density at radius 1 is 1.29 bits per heavy atom. The number of nitrogens with one attached hydrogen (secondary N) is 1. The summed E-state index contributed by atoms with van der Waals surface area (Å²) in [7, 11) is 0.151. The summed E-state index contributed by atoms with van der Waals surface area (Å²) in [6.07, 6.45) is 0.110. The SMILES string of the molecule is CNCc1cccc(CS(=O)(=O)N(C)CCOC(C)C)c1. The summed E-state index contributed by atoms with van der Waals surface area (Å²) in [6.45, 7) is 5.37. The molecule has 0 spiro atoms. The van der Waals surface area contributed by atoms with Crippen LogP contribution in [0.3, 0.4) is 0 Å². The first kappa shape index (κ1) is 18.1. The molecule has 1 aromatic rings. The summed E-state index contributed by atoms with van der Waals surface area (Å²) in [5.41, 5.74) is 1.88. The van der Waals surface area contributed by atoms with E-state index in [-0.39, 0.29) is 11.9 Å². The maximum atomic E-state index is 12.3. The molecule has 0 unspecified atom stereocenters. The van der Waals surface area contributed by atoms with Gasteiger partial charge in [0, 0.05) is 20.1 Å². The van der Waals surface area contributed by atoms with E-state index in [1.54, 1.807) is 7.05 Å². The first-order valence-electron chi connectivity index (χ1n) is 7.13. The van der Waals surface area contributed by atoms with Crippen LogP contribution in [0.2, 0.25) is 0 Å². The van der Waals surface area contributed by atoms with Crippen molar-refractivity contribution < 1.29 is 13.2 Å². The molecule has 0 saturated carbocycles. The molecule has 1 rings (SSSR count). The molecule has 1 aromatic carbocycles. The summed E-state index contributed by atoms with van der Waals surface area (Å²) in [6, 6.07) is 7.63. The van der Waals surface area contributed by atoms with Gasteiger partial charge in [-0.2, -0.15) is 0 Å². The first-order chi connectivity index (χ1) is 9.85. The van der Waals surface area contributed by atoms with Gasteiger partial charge in [0.2, 0.25) is 10.0 Å². The highest BCUT2D eigenvalue weighted by Gasteiger charge is 2.18. The Morgan fingerprint density at radius 2 is 1.95 bits per heavy atom. The van der Waals surface area contributed by atoms with Crippen molar-refractivity contribution in [3.8, 4) is 0 Å². The topological polar surface area (TPSA) is 58.6 Å². The second-order valence-corrected chi connectivity index (χ2v) is 7.42. The van der Waals surface area contributed by atoms with Gasteiger partial charge in [-0.3, -0.25) is 0 Å². The highest BCUT2D eigenvalue weighted by Crippen LogP contribution is 2.12. The Labute approximate surface area is 128 Å². The van der Waals surface area contributed by atoms with E-state index in [9.17, 15) is 8.42 Å². The Morgan fingerprint density at radius 3 is 2.57 bits per heavy atom. The van der Waals surface area contributed by atoms with Crippen LogP contribution < -0.4 is 5.32 Å². The summed E-state index contributed by atoms with van der Waals surface area (Å²) >= 11 is 0. The molecule has 5 nitrogen and oxygen atoms in total. The molecule has 0 heterocycles. The highest BCUT2D eigenvalue weighted by atomic mass is 32.2. The van der Waals surface area contributed by atoms with Crippen LogP contribution in [-0.4, -0.2) is 46.1 Å². The molecule has 0 aliphatic heterocycles. The second-order valence-electron chi connectivity index (χ2n) is 5.35. The van der Waals surface area contributed by atoms with Gasteiger partial charge in [0.25, 0.3) is 0 Å². The summed E-state index contributed by atoms with van der Waals surface area (Å²) in [4.78, 5) is 0. The van der Waals surface area contributed by atoms with Crippen molar-refractivity contribution in [1.82, 2.24) is 9.62 Å². The lowest BCUT2D eigenvalue weighted by molar-refractivity contribution is 0.0737. The van der Waals surface area contributed by atoms with Gasteiger partial charge >= 0.3 is 0 Å². The van der Waals surface area contributed by atoms with E-state index in [0.29, 0.717) is 13.2 Å². The summed E-state index contributed by atoms with van der Waals surface area (Å²) < 4.78 is 31.4. The molecule has 0 saturated heterocycles. The van der Waals surface area contributed by atoms with Crippen LogP contribution in [0, 0.1) is 0 Å². The molecule has 0 atom stereocenters. The molecule has 1 N–H and O–H groups in total. The smallest absolute Gasteiger partial charge is 0.218 e. The molecule has 21 heavy (non-hydrogen) atoms. The molecule has 6 heteroatoms. The largest absolute Gasteiger partial charge is 0.377 e. The zero-order valence-corrected chi connectivity index (χ0v) is 14.1. The lowest BCUT2D eigenvalue weighted by atomic mass is 10.1. The van der Waals surface area contributed by atoms with E-state index in [1.807, 2.05) is 45.2 Å². The molecule has 0 radical (unpaired) electrons. The minimum atomic E-state index is -3.31. The third-order valence-electron chi connectivity index (χ3n) is 3.05. The molecule has 0 fully saturated rings. The molecule has 0 aliphatic carbocycles. The number of likely N-dealkylation sites (N-methyl/N-ethyl adjacent to an activating group) is 1. The van der Waals surface area contributed by atoms with E-state index in [1.165, 1.54) is 4.31 Å². The van der Waals surface area contributed by atoms with Gasteiger partial charge < -0.3 is 10.1 Å². The van der Waals surface area contributed by atoms with E-state index >= 15 is 0 Å². The fourth-order valence-corrected chi connectivity index (χ4v) is 3.08. The van der Waals surface area contributed by atoms with E-state index in [4.69, 9.17) is 4.74 Å². The van der Waals surface area contributed by atoms with Crippen LogP contribution in [0.4, 0.5) is 0 Å². The van der Waals surface area contributed by atoms with Crippen LogP contribution in [0.1, 0.15) is 25.0 Å². The van der Waals surface area contributed by atoms with Gasteiger partial charge in [0.15, 0.2) is 0 Å². The number of hydrogen-bond acceptors (Lipinski definition) is 4. The van der Waals surface area contributed by atoms with Gasteiger partial charge in [-0.1, -0.05) is 24.3 Å². The predicted octanol–water partition coefficient (Wildman–Crippen LogP) is 1.59. The molecule has 0 bridgehead atoms. The van der Waals surface area contributed by atoms with Gasteiger partial charge in [-0.25, -0.2) is 12.7 Å². The third-order valence-corrected chi connectivity index (χ3v) is 4.88. The zero-order chi connectivity index (χ0) is 15.9. The van der Waals surface area contributed by atoms with Crippen molar-refractivity contribution in [2.24, 2.45) is 0 Å². The molecule has 0 aliphatic rings. The maximum absolute atomic E-state index is 12.3. The van der Waals surface area contributed by atoms with Crippen LogP contribution in [0.5, 0.6) is 0 Å². The predicted molar refractivity (Wildman–Crippen MR) is 85.5 cm³/mol. The fourth-order valence-electron chi connectivity index (χ4n) is 1.91. The van der Waals surface area contributed by atoms with Crippen molar-refractivity contribution in [3.63, 3.8) is 0 Å². The molecular formula is C15H26N2O3S. The summed E-state index contributed by atoms with van der Waals surface area (Å²) in [5, 5.41) is 3.06. The summed E-state index contributed by atoms with van der Waals surface area (Å²) in [5.74, 6) is 0.0166. The zero-order valence-electron chi connectivity index (χ0n) is 13.3. The van der Waals surface area contributed by atoms with Crippen molar-refractivity contribution >= 4 is 10.0 Å². The van der Waals surface area contributed by atoms with Gasteiger partial charge in [-0.15, -0.1) is 0 Å². The first-order valence-corrected chi connectivity index (χ1v) is 8.74. The lowest BCUT2D eigenvalue weighted by Gasteiger charge is -2.18. The second kappa shape index (κ2) is 8.48. The fraction of sp³-hybridized carbons (Fsp3) is 0.600. The number of sulfonamides is 1. The van der Waals surface area contributed by atoms with Crippen molar-refractivity contribution in [1.29, 1.82) is 0 Å². The normalized spacial score (nSPS) is 12.3. The molecule has 0 aromatic heterocycles. The Kier molecular flexibility index (Phi) is 7.31. The number of nitrogens with zero attached hydrogens (tertiary/aromatic N) is 1. The van der Waals surface area contributed by atoms with Crippen LogP contribution in [-0.2, 0) is 27.1 Å². The maximum Gasteiger partial charge on any atom is 0.218 e. The molecular weight excluding hydrogens is 288 g/mol. The number of rotatable bonds is 9. The Balaban J connectivity index is 2.64. The van der Waals surface area contributed by atoms with Crippen LogP contribution in [0.25, 0.3) is 0 Å². The average molecular weight is 314 g/mol. The monoisotopic (exact) mass is 314 g/mol. The molecule has 0 amide bonds. The average Bonchev–Trinajstić information content (AvgIpc) is 2.38. The molecule has 120 valence electrons.